The molecule has 0 unspecified atom stereocenters. The fourth-order valence-corrected chi connectivity index (χ4v) is 3.76. The molecule has 5 heteroatoms. The molecule has 2 aliphatic heterocycles. The second-order valence-corrected chi connectivity index (χ2v) is 6.99. The summed E-state index contributed by atoms with van der Waals surface area (Å²) in [4.78, 5) is 0. The molecular formula is C26H16BeN2O2-2. The average molecular weight is 397 g/mol. The molecule has 5 aliphatic rings. The summed E-state index contributed by atoms with van der Waals surface area (Å²) in [5.41, 5.74) is 4.32. The van der Waals surface area contributed by atoms with E-state index in [-0.39, 0.29) is 21.6 Å². The van der Waals surface area contributed by atoms with Gasteiger partial charge in [-0.05, 0) is 16.0 Å². The Kier molecular flexibility index (Phi) is 5.66. The molecule has 0 saturated carbocycles. The van der Waals surface area contributed by atoms with Gasteiger partial charge in [-0.15, -0.1) is 22.9 Å². The van der Waals surface area contributed by atoms with E-state index < -0.39 is 0 Å². The van der Waals surface area contributed by atoms with E-state index in [0.29, 0.717) is 0 Å². The van der Waals surface area contributed by atoms with Crippen LogP contribution in [-0.2, 0) is 0 Å². The van der Waals surface area contributed by atoms with Gasteiger partial charge in [-0.2, -0.15) is 12.4 Å². The van der Waals surface area contributed by atoms with Crippen molar-refractivity contribution >= 4 is 21.9 Å². The fourth-order valence-electron chi connectivity index (χ4n) is 3.76. The van der Waals surface area contributed by atoms with Crippen LogP contribution in [0.2, 0.25) is 0 Å². The quantitative estimate of drug-likeness (QED) is 0.630. The first kappa shape index (κ1) is 20.5. The molecule has 0 bridgehead atoms. The van der Waals surface area contributed by atoms with Gasteiger partial charge in [-0.25, -0.2) is 0 Å². The second kappa shape index (κ2) is 8.55. The normalized spacial score (nSPS) is 19.4. The van der Waals surface area contributed by atoms with Crippen LogP contribution in [0.1, 0.15) is 0 Å². The molecule has 2 radical (unpaired) electrons. The zero-order valence-electron chi connectivity index (χ0n) is 16.7. The van der Waals surface area contributed by atoms with Crippen molar-refractivity contribution in [2.45, 2.75) is 0 Å². The molecule has 6 rings (SSSR count). The van der Waals surface area contributed by atoms with Gasteiger partial charge >= 0.3 is 10.1 Å². The number of hydrogen-bond donors (Lipinski definition) is 0. The fraction of sp³-hybridized carbons (Fsp3) is 0. The summed E-state index contributed by atoms with van der Waals surface area (Å²) in [6.45, 7) is 0. The van der Waals surface area contributed by atoms with E-state index in [1.807, 2.05) is 61.1 Å². The third-order valence-corrected chi connectivity index (χ3v) is 5.15. The van der Waals surface area contributed by atoms with Crippen LogP contribution in [0.25, 0.3) is 22.4 Å². The second-order valence-electron chi connectivity index (χ2n) is 6.99. The Bertz CT molecular complexity index is 1290. The molecule has 0 N–H and O–H groups in total. The molecule has 0 spiro atoms. The van der Waals surface area contributed by atoms with Crippen molar-refractivity contribution in [3.05, 3.63) is 147 Å². The molecule has 31 heavy (non-hydrogen) atoms. The van der Waals surface area contributed by atoms with Gasteiger partial charge in [0.1, 0.15) is 0 Å². The van der Waals surface area contributed by atoms with Crippen LogP contribution in [-0.4, -0.2) is 10.1 Å². The molecule has 146 valence electrons. The Morgan fingerprint density at radius 1 is 0.710 bits per heavy atom. The maximum absolute atomic E-state index is 11.8. The van der Waals surface area contributed by atoms with Crippen LogP contribution in [0.4, 0.5) is 0 Å². The summed E-state index contributed by atoms with van der Waals surface area (Å²) in [5.74, 6) is 1.03. The molecule has 0 amide bonds. The summed E-state index contributed by atoms with van der Waals surface area (Å²) in [7, 11) is 0. The molecular weight excluding hydrogens is 381 g/mol. The maximum atomic E-state index is 11.8. The standard InChI is InChI=1S/2C13H9NO.Be/c2*15-11-5-1-3-9-6-7-10-4-2-8-14-13(10)12(9)11;/h2*1-8,15H;/q2*-1;+2/p-2. The Balaban J connectivity index is 0.000000144. The minimum absolute atomic E-state index is 0. The van der Waals surface area contributed by atoms with Crippen molar-refractivity contribution in [3.63, 3.8) is 0 Å². The molecule has 0 atom stereocenters. The number of hydrogen-bond acceptors (Lipinski definition) is 2. The number of benzene rings is 1. The van der Waals surface area contributed by atoms with Gasteiger partial charge in [0.05, 0.1) is 0 Å². The minimum atomic E-state index is 0. The molecule has 3 aliphatic carbocycles. The van der Waals surface area contributed by atoms with E-state index in [0.717, 1.165) is 44.5 Å². The van der Waals surface area contributed by atoms with Crippen molar-refractivity contribution in [1.29, 1.82) is 0 Å². The summed E-state index contributed by atoms with van der Waals surface area (Å²) >= 11 is 0. The predicted octanol–water partition coefficient (Wildman–Crippen LogP) is 2.34. The van der Waals surface area contributed by atoms with Gasteiger partial charge in [-0.3, -0.25) is 0 Å². The van der Waals surface area contributed by atoms with Crippen molar-refractivity contribution < 1.29 is 10.2 Å². The average Bonchev–Trinajstić information content (AvgIpc) is 2.79. The van der Waals surface area contributed by atoms with Gasteiger partial charge in [-0.1, -0.05) is 90.1 Å². The summed E-state index contributed by atoms with van der Waals surface area (Å²) in [5, 5.41) is 33.7. The maximum Gasteiger partial charge on any atom is 2.00 e. The first-order valence-electron chi connectivity index (χ1n) is 9.59. The third-order valence-electron chi connectivity index (χ3n) is 5.15. The van der Waals surface area contributed by atoms with Crippen molar-refractivity contribution in [2.24, 2.45) is 0 Å². The van der Waals surface area contributed by atoms with E-state index in [2.05, 4.69) is 10.6 Å². The van der Waals surface area contributed by atoms with Gasteiger partial charge in [0.2, 0.25) is 0 Å². The van der Waals surface area contributed by atoms with Crippen LogP contribution < -0.4 is 20.7 Å². The van der Waals surface area contributed by atoms with Crippen molar-refractivity contribution in [1.82, 2.24) is 0 Å². The van der Waals surface area contributed by atoms with Gasteiger partial charge in [0.25, 0.3) is 0 Å². The Labute approximate surface area is 184 Å². The van der Waals surface area contributed by atoms with Crippen LogP contribution in [0.15, 0.2) is 113 Å². The van der Waals surface area contributed by atoms with Crippen LogP contribution >= 0.6 is 0 Å². The number of allylic oxidation sites excluding steroid dienone is 10. The number of fused-ring (bicyclic) bond motifs is 4. The summed E-state index contributed by atoms with van der Waals surface area (Å²) in [6.07, 6.45) is 24.3. The predicted molar refractivity (Wildman–Crippen MR) is 121 cm³/mol. The summed E-state index contributed by atoms with van der Waals surface area (Å²) in [6, 6.07) is 5.29. The van der Waals surface area contributed by atoms with E-state index in [9.17, 15) is 10.2 Å². The monoisotopic (exact) mass is 397 g/mol. The smallest absolute Gasteiger partial charge is 0.872 e. The Hall–Kier alpha value is -3.75. The molecule has 0 fully saturated rings. The van der Waals surface area contributed by atoms with Gasteiger partial charge < -0.3 is 20.8 Å². The number of nitrogens with zero attached hydrogens (tertiary/aromatic N) is 2. The number of rotatable bonds is 0. The van der Waals surface area contributed by atoms with Crippen LogP contribution in [0.5, 0.6) is 5.75 Å². The Morgan fingerprint density at radius 2 is 1.48 bits per heavy atom. The topological polar surface area (TPSA) is 74.3 Å². The molecule has 0 aromatic heterocycles. The zero-order chi connectivity index (χ0) is 20.5. The van der Waals surface area contributed by atoms with E-state index in [4.69, 9.17) is 0 Å². The third kappa shape index (κ3) is 3.74. The molecule has 0 saturated heterocycles. The molecule has 2 heterocycles. The first-order chi connectivity index (χ1) is 14.7. The SMILES string of the molecule is [Be+2].[O-]C1=CC=C[C]2C=CC3=CC=C[N-]C3=C21.[O-]c1cccc2c1=C1[N-]C=CC=C1[CH]C=2. The van der Waals surface area contributed by atoms with Crippen molar-refractivity contribution in [2.75, 3.05) is 0 Å². The Morgan fingerprint density at radius 3 is 2.32 bits per heavy atom. The minimum Gasteiger partial charge on any atom is -0.872 e. The van der Waals surface area contributed by atoms with Crippen LogP contribution in [0.3, 0.4) is 0 Å². The molecule has 1 aromatic carbocycles. The first-order valence-corrected chi connectivity index (χ1v) is 9.59. The zero-order valence-corrected chi connectivity index (χ0v) is 16.7. The largest absolute Gasteiger partial charge is 2.00 e. The van der Waals surface area contributed by atoms with Gasteiger partial charge in [0.15, 0.2) is 0 Å². The van der Waals surface area contributed by atoms with Crippen LogP contribution in [0, 0.1) is 12.3 Å². The van der Waals surface area contributed by atoms with E-state index >= 15 is 0 Å². The van der Waals surface area contributed by atoms with E-state index in [1.165, 1.54) is 0 Å². The van der Waals surface area contributed by atoms with Gasteiger partial charge in [0, 0.05) is 12.3 Å². The van der Waals surface area contributed by atoms with E-state index in [1.54, 1.807) is 36.7 Å². The molecule has 4 nitrogen and oxygen atoms in total. The summed E-state index contributed by atoms with van der Waals surface area (Å²) < 4.78 is 0. The van der Waals surface area contributed by atoms with Crippen molar-refractivity contribution in [3.8, 4) is 5.75 Å². The molecule has 1 aromatic rings.